The molecule has 1 aliphatic rings. The number of esters is 1. The van der Waals surface area contributed by atoms with E-state index >= 15 is 0 Å². The van der Waals surface area contributed by atoms with Crippen LogP contribution in [0.5, 0.6) is 0 Å². The van der Waals surface area contributed by atoms with Crippen LogP contribution < -0.4 is 0 Å². The maximum Gasteiger partial charge on any atom is 0.311 e. The second-order valence-corrected chi connectivity index (χ2v) is 4.05. The summed E-state index contributed by atoms with van der Waals surface area (Å²) in [5, 5.41) is 0. The third-order valence-electron chi connectivity index (χ3n) is 2.15. The van der Waals surface area contributed by atoms with E-state index in [1.165, 1.54) is 0 Å². The number of rotatable bonds is 1. The van der Waals surface area contributed by atoms with Gasteiger partial charge in [0.25, 0.3) is 0 Å². The Labute approximate surface area is 74.5 Å². The lowest BCUT2D eigenvalue weighted by molar-refractivity contribution is -0.144. The second kappa shape index (κ2) is 2.68. The molecular weight excluding hydrogens is 243 g/mol. The lowest BCUT2D eigenvalue weighted by atomic mass is 9.83. The van der Waals surface area contributed by atoms with Gasteiger partial charge in [-0.2, -0.15) is 0 Å². The zero-order valence-electron chi connectivity index (χ0n) is 6.19. The molecule has 1 atom stereocenters. The lowest BCUT2D eigenvalue weighted by Crippen LogP contribution is -2.26. The van der Waals surface area contributed by atoms with Crippen molar-refractivity contribution in [1.29, 1.82) is 0 Å². The Morgan fingerprint density at radius 1 is 1.80 bits per heavy atom. The number of halogens is 1. The molecule has 1 fully saturated rings. The number of carbonyl (C=O) groups excluding carboxylic acids is 1. The van der Waals surface area contributed by atoms with E-state index in [-0.39, 0.29) is 11.4 Å². The molecule has 1 rings (SSSR count). The third-order valence-corrected chi connectivity index (χ3v) is 3.21. The van der Waals surface area contributed by atoms with Crippen LogP contribution in [0, 0.1) is 11.3 Å². The van der Waals surface area contributed by atoms with Gasteiger partial charge in [-0.25, -0.2) is 0 Å². The van der Waals surface area contributed by atoms with Crippen LogP contribution >= 0.6 is 22.6 Å². The van der Waals surface area contributed by atoms with Gasteiger partial charge in [-0.1, -0.05) is 22.6 Å². The standard InChI is InChI=1S/C7H11IO2/c1-7(2)5(3-8)4-10-6(7)9/h5H,3-4H2,1-2H3. The fourth-order valence-corrected chi connectivity index (χ4v) is 2.33. The molecule has 0 aromatic carbocycles. The van der Waals surface area contributed by atoms with Crippen LogP contribution in [0.1, 0.15) is 13.8 Å². The second-order valence-electron chi connectivity index (χ2n) is 3.17. The van der Waals surface area contributed by atoms with Gasteiger partial charge in [0, 0.05) is 10.3 Å². The third kappa shape index (κ3) is 1.15. The molecule has 0 radical (unpaired) electrons. The molecule has 0 aromatic heterocycles. The fraction of sp³-hybridized carbons (Fsp3) is 0.857. The summed E-state index contributed by atoms with van der Waals surface area (Å²) in [4.78, 5) is 11.0. The molecule has 0 bridgehead atoms. The summed E-state index contributed by atoms with van der Waals surface area (Å²) in [5.41, 5.74) is -0.249. The quantitative estimate of drug-likeness (QED) is 0.404. The highest BCUT2D eigenvalue weighted by Crippen LogP contribution is 2.35. The van der Waals surface area contributed by atoms with Gasteiger partial charge in [0.1, 0.15) is 0 Å². The van der Waals surface area contributed by atoms with Gasteiger partial charge in [-0.15, -0.1) is 0 Å². The van der Waals surface area contributed by atoms with Gasteiger partial charge in [0.15, 0.2) is 0 Å². The van der Waals surface area contributed by atoms with E-state index in [1.807, 2.05) is 13.8 Å². The first kappa shape index (κ1) is 8.30. The predicted octanol–water partition coefficient (Wildman–Crippen LogP) is 1.62. The Bertz CT molecular complexity index is 154. The maximum absolute atomic E-state index is 11.0. The van der Waals surface area contributed by atoms with Gasteiger partial charge >= 0.3 is 5.97 Å². The highest BCUT2D eigenvalue weighted by atomic mass is 127. The molecule has 1 unspecified atom stereocenters. The number of cyclic esters (lactones) is 1. The predicted molar refractivity (Wildman–Crippen MR) is 47.1 cm³/mol. The van der Waals surface area contributed by atoms with E-state index < -0.39 is 0 Å². The number of hydrogen-bond donors (Lipinski definition) is 0. The first-order valence-corrected chi connectivity index (χ1v) is 4.84. The van der Waals surface area contributed by atoms with Crippen molar-refractivity contribution in [2.45, 2.75) is 13.8 Å². The van der Waals surface area contributed by atoms with Gasteiger partial charge in [-0.05, 0) is 13.8 Å². The molecule has 1 aliphatic heterocycles. The molecule has 0 aromatic rings. The minimum absolute atomic E-state index is 0.0471. The van der Waals surface area contributed by atoms with Crippen LogP contribution in [0.4, 0.5) is 0 Å². The minimum atomic E-state index is -0.249. The number of hydrogen-bond acceptors (Lipinski definition) is 2. The van der Waals surface area contributed by atoms with Crippen LogP contribution in [0.2, 0.25) is 0 Å². The highest BCUT2D eigenvalue weighted by molar-refractivity contribution is 14.1. The molecular formula is C7H11IO2. The largest absolute Gasteiger partial charge is 0.465 e. The Morgan fingerprint density at radius 3 is 2.60 bits per heavy atom. The Morgan fingerprint density at radius 2 is 2.40 bits per heavy atom. The summed E-state index contributed by atoms with van der Waals surface area (Å²) >= 11 is 2.29. The smallest absolute Gasteiger partial charge is 0.311 e. The fourth-order valence-electron chi connectivity index (χ4n) is 0.975. The first-order chi connectivity index (χ1) is 4.59. The van der Waals surface area contributed by atoms with Crippen LogP contribution in [-0.2, 0) is 9.53 Å². The zero-order valence-corrected chi connectivity index (χ0v) is 8.34. The number of alkyl halides is 1. The molecule has 0 aliphatic carbocycles. The van der Waals surface area contributed by atoms with E-state index in [2.05, 4.69) is 22.6 Å². The molecule has 2 nitrogen and oxygen atoms in total. The molecule has 0 saturated carbocycles. The van der Waals surface area contributed by atoms with Crippen molar-refractivity contribution in [3.8, 4) is 0 Å². The Kier molecular flexibility index (Phi) is 2.22. The topological polar surface area (TPSA) is 26.3 Å². The molecule has 0 spiro atoms. The molecule has 0 N–H and O–H groups in total. The number of ether oxygens (including phenoxy) is 1. The molecule has 58 valence electrons. The van der Waals surface area contributed by atoms with E-state index in [0.29, 0.717) is 12.5 Å². The zero-order chi connectivity index (χ0) is 7.78. The lowest BCUT2D eigenvalue weighted by Gasteiger charge is -2.18. The van der Waals surface area contributed by atoms with Crippen molar-refractivity contribution in [3.63, 3.8) is 0 Å². The molecule has 10 heavy (non-hydrogen) atoms. The summed E-state index contributed by atoms with van der Waals surface area (Å²) < 4.78 is 5.92. The van der Waals surface area contributed by atoms with Gasteiger partial charge in [-0.3, -0.25) is 4.79 Å². The van der Waals surface area contributed by atoms with E-state index in [0.717, 1.165) is 4.43 Å². The van der Waals surface area contributed by atoms with E-state index in [1.54, 1.807) is 0 Å². The SMILES string of the molecule is CC1(C)C(=O)OCC1CI. The van der Waals surface area contributed by atoms with Crippen LogP contribution in [0.15, 0.2) is 0 Å². The van der Waals surface area contributed by atoms with Gasteiger partial charge in [0.05, 0.1) is 12.0 Å². The molecule has 0 amide bonds. The normalized spacial score (nSPS) is 30.3. The van der Waals surface area contributed by atoms with Crippen molar-refractivity contribution in [2.75, 3.05) is 11.0 Å². The van der Waals surface area contributed by atoms with Crippen molar-refractivity contribution < 1.29 is 9.53 Å². The van der Waals surface area contributed by atoms with E-state index in [4.69, 9.17) is 4.74 Å². The van der Waals surface area contributed by atoms with Gasteiger partial charge < -0.3 is 4.74 Å². The molecule has 3 heteroatoms. The summed E-state index contributed by atoms with van der Waals surface area (Å²) in [7, 11) is 0. The summed E-state index contributed by atoms with van der Waals surface area (Å²) in [5.74, 6) is 0.356. The molecule has 1 saturated heterocycles. The first-order valence-electron chi connectivity index (χ1n) is 3.32. The summed E-state index contributed by atoms with van der Waals surface area (Å²) in [6.07, 6.45) is 0. The Balaban J connectivity index is 2.73. The minimum Gasteiger partial charge on any atom is -0.465 e. The van der Waals surface area contributed by atoms with Crippen LogP contribution in [0.25, 0.3) is 0 Å². The molecule has 1 heterocycles. The average Bonchev–Trinajstić information content (AvgIpc) is 2.10. The Hall–Kier alpha value is 0.200. The highest BCUT2D eigenvalue weighted by Gasteiger charge is 2.43. The van der Waals surface area contributed by atoms with Crippen molar-refractivity contribution >= 4 is 28.6 Å². The van der Waals surface area contributed by atoms with Gasteiger partial charge in [0.2, 0.25) is 0 Å². The van der Waals surface area contributed by atoms with Crippen molar-refractivity contribution in [3.05, 3.63) is 0 Å². The summed E-state index contributed by atoms with van der Waals surface area (Å²) in [6.45, 7) is 4.51. The van der Waals surface area contributed by atoms with Crippen molar-refractivity contribution in [2.24, 2.45) is 11.3 Å². The summed E-state index contributed by atoms with van der Waals surface area (Å²) in [6, 6.07) is 0. The van der Waals surface area contributed by atoms with Crippen LogP contribution in [-0.4, -0.2) is 17.0 Å². The van der Waals surface area contributed by atoms with Crippen molar-refractivity contribution in [1.82, 2.24) is 0 Å². The monoisotopic (exact) mass is 254 g/mol. The average molecular weight is 254 g/mol. The van der Waals surface area contributed by atoms with E-state index in [9.17, 15) is 4.79 Å². The van der Waals surface area contributed by atoms with Crippen LogP contribution in [0.3, 0.4) is 0 Å². The maximum atomic E-state index is 11.0. The number of carbonyl (C=O) groups is 1.